The largest absolute Gasteiger partial charge is 0.492 e. The summed E-state index contributed by atoms with van der Waals surface area (Å²) in [5.41, 5.74) is 8.58. The van der Waals surface area contributed by atoms with Crippen LogP contribution in [-0.4, -0.2) is 40.1 Å². The van der Waals surface area contributed by atoms with Crippen molar-refractivity contribution in [3.05, 3.63) is 83.9 Å². The van der Waals surface area contributed by atoms with Gasteiger partial charge in [-0.2, -0.15) is 0 Å². The molecule has 0 radical (unpaired) electrons. The number of fused-ring (bicyclic) bond motifs is 1. The van der Waals surface area contributed by atoms with Crippen molar-refractivity contribution < 1.29 is 9.53 Å². The Morgan fingerprint density at radius 2 is 2.11 bits per heavy atom. The lowest BCUT2D eigenvalue weighted by atomic mass is 10.0. The van der Waals surface area contributed by atoms with Gasteiger partial charge in [-0.15, -0.1) is 0 Å². The molecule has 1 aliphatic rings. The molecular weight excluding hydrogens is 352 g/mol. The molecule has 0 bridgehead atoms. The van der Waals surface area contributed by atoms with E-state index in [9.17, 15) is 4.79 Å². The average molecular weight is 376 g/mol. The van der Waals surface area contributed by atoms with Crippen LogP contribution in [0, 0.1) is 0 Å². The van der Waals surface area contributed by atoms with Gasteiger partial charge in [0.2, 0.25) is 5.91 Å². The Bertz CT molecular complexity index is 938. The SMILES string of the molecule is NCCOc1cccc(CC(=O)N2CCn3cccc3[C@H]2c2cccnc2)c1. The molecule has 1 aliphatic heterocycles. The molecule has 2 aromatic heterocycles. The molecule has 1 atom stereocenters. The number of hydrogen-bond donors (Lipinski definition) is 1. The van der Waals surface area contributed by atoms with Crippen LogP contribution in [0.4, 0.5) is 0 Å². The van der Waals surface area contributed by atoms with Crippen LogP contribution in [0.3, 0.4) is 0 Å². The second kappa shape index (κ2) is 8.27. The summed E-state index contributed by atoms with van der Waals surface area (Å²) in [4.78, 5) is 19.5. The molecule has 0 fully saturated rings. The van der Waals surface area contributed by atoms with Crippen molar-refractivity contribution in [1.29, 1.82) is 0 Å². The van der Waals surface area contributed by atoms with Crippen LogP contribution < -0.4 is 10.5 Å². The zero-order valence-corrected chi connectivity index (χ0v) is 15.7. The topological polar surface area (TPSA) is 73.4 Å². The number of ether oxygens (including phenoxy) is 1. The third-order valence-corrected chi connectivity index (χ3v) is 5.00. The highest BCUT2D eigenvalue weighted by Gasteiger charge is 2.32. The molecule has 1 aromatic carbocycles. The van der Waals surface area contributed by atoms with Gasteiger partial charge in [0.15, 0.2) is 0 Å². The first-order chi connectivity index (χ1) is 13.8. The number of hydrogen-bond acceptors (Lipinski definition) is 4. The number of carbonyl (C=O) groups is 1. The molecule has 1 amide bonds. The Balaban J connectivity index is 1.58. The Morgan fingerprint density at radius 1 is 1.18 bits per heavy atom. The fourth-order valence-corrected chi connectivity index (χ4v) is 3.74. The highest BCUT2D eigenvalue weighted by molar-refractivity contribution is 5.80. The van der Waals surface area contributed by atoms with Gasteiger partial charge in [-0.3, -0.25) is 9.78 Å². The first-order valence-electron chi connectivity index (χ1n) is 9.52. The van der Waals surface area contributed by atoms with Crippen molar-refractivity contribution in [1.82, 2.24) is 14.5 Å². The number of aromatic nitrogens is 2. The van der Waals surface area contributed by atoms with Crippen LogP contribution in [0.15, 0.2) is 67.1 Å². The van der Waals surface area contributed by atoms with Crippen molar-refractivity contribution >= 4 is 5.91 Å². The first kappa shape index (κ1) is 18.3. The molecule has 6 heteroatoms. The minimum absolute atomic E-state index is 0.0947. The molecule has 0 aliphatic carbocycles. The zero-order valence-electron chi connectivity index (χ0n) is 15.7. The van der Waals surface area contributed by atoms with Crippen LogP contribution in [0.5, 0.6) is 5.75 Å². The molecule has 0 saturated heterocycles. The van der Waals surface area contributed by atoms with E-state index in [1.165, 1.54) is 0 Å². The van der Waals surface area contributed by atoms with Crippen molar-refractivity contribution in [2.24, 2.45) is 5.73 Å². The predicted octanol–water partition coefficient (Wildman–Crippen LogP) is 2.39. The predicted molar refractivity (Wildman–Crippen MR) is 107 cm³/mol. The number of nitrogens with zero attached hydrogens (tertiary/aromatic N) is 3. The summed E-state index contributed by atoms with van der Waals surface area (Å²) in [5, 5.41) is 0. The lowest BCUT2D eigenvalue weighted by Crippen LogP contribution is -2.43. The van der Waals surface area contributed by atoms with E-state index in [-0.39, 0.29) is 11.9 Å². The Kier molecular flexibility index (Phi) is 5.39. The minimum atomic E-state index is -0.123. The van der Waals surface area contributed by atoms with Gasteiger partial charge in [0.1, 0.15) is 12.4 Å². The van der Waals surface area contributed by atoms with Gasteiger partial charge in [0.25, 0.3) is 0 Å². The lowest BCUT2D eigenvalue weighted by molar-refractivity contribution is -0.133. The van der Waals surface area contributed by atoms with Gasteiger partial charge in [0, 0.05) is 43.9 Å². The first-order valence-corrected chi connectivity index (χ1v) is 9.52. The summed E-state index contributed by atoms with van der Waals surface area (Å²) in [6.07, 6.45) is 6.00. The van der Waals surface area contributed by atoms with Crippen LogP contribution >= 0.6 is 0 Å². The lowest BCUT2D eigenvalue weighted by Gasteiger charge is -2.37. The highest BCUT2D eigenvalue weighted by Crippen LogP contribution is 2.32. The minimum Gasteiger partial charge on any atom is -0.492 e. The van der Waals surface area contributed by atoms with Crippen molar-refractivity contribution in [2.75, 3.05) is 19.7 Å². The van der Waals surface area contributed by atoms with Crippen molar-refractivity contribution in [2.45, 2.75) is 19.0 Å². The molecule has 0 saturated carbocycles. The molecule has 3 aromatic rings. The maximum atomic E-state index is 13.2. The van der Waals surface area contributed by atoms with E-state index in [0.717, 1.165) is 29.1 Å². The van der Waals surface area contributed by atoms with E-state index in [4.69, 9.17) is 10.5 Å². The van der Waals surface area contributed by atoms with Gasteiger partial charge >= 0.3 is 0 Å². The summed E-state index contributed by atoms with van der Waals surface area (Å²) in [5.74, 6) is 0.837. The molecule has 0 unspecified atom stereocenters. The maximum absolute atomic E-state index is 13.2. The fourth-order valence-electron chi connectivity index (χ4n) is 3.74. The fraction of sp³-hybridized carbons (Fsp3) is 0.273. The Hall–Kier alpha value is -3.12. The second-order valence-corrected chi connectivity index (χ2v) is 6.86. The zero-order chi connectivity index (χ0) is 19.3. The third kappa shape index (κ3) is 3.77. The quantitative estimate of drug-likeness (QED) is 0.717. The molecule has 2 N–H and O–H groups in total. The molecule has 6 nitrogen and oxygen atoms in total. The normalized spacial score (nSPS) is 15.9. The summed E-state index contributed by atoms with van der Waals surface area (Å²) in [7, 11) is 0. The Labute approximate surface area is 164 Å². The summed E-state index contributed by atoms with van der Waals surface area (Å²) < 4.78 is 7.80. The van der Waals surface area contributed by atoms with Crippen LogP contribution in [-0.2, 0) is 17.8 Å². The third-order valence-electron chi connectivity index (χ3n) is 5.00. The van der Waals surface area contributed by atoms with Crippen molar-refractivity contribution in [3.63, 3.8) is 0 Å². The van der Waals surface area contributed by atoms with Crippen LogP contribution in [0.25, 0.3) is 0 Å². The number of benzene rings is 1. The van der Waals surface area contributed by atoms with Gasteiger partial charge < -0.3 is 19.9 Å². The number of rotatable bonds is 6. The van der Waals surface area contributed by atoms with Gasteiger partial charge in [-0.1, -0.05) is 18.2 Å². The standard InChI is InChI=1S/C22H24N4O2/c23-8-13-28-19-6-1-4-17(14-19)15-21(27)26-12-11-25-10-3-7-20(25)22(26)18-5-2-9-24-16-18/h1-7,9-10,14,16,22H,8,11-13,15,23H2/t22-/m1/s1. The second-order valence-electron chi connectivity index (χ2n) is 6.86. The van der Waals surface area contributed by atoms with E-state index < -0.39 is 0 Å². The number of nitrogens with two attached hydrogens (primary N) is 1. The summed E-state index contributed by atoms with van der Waals surface area (Å²) >= 11 is 0. The highest BCUT2D eigenvalue weighted by atomic mass is 16.5. The van der Waals surface area contributed by atoms with E-state index in [1.807, 2.05) is 53.6 Å². The molecule has 28 heavy (non-hydrogen) atoms. The number of pyridine rings is 1. The van der Waals surface area contributed by atoms with E-state index in [1.54, 1.807) is 6.20 Å². The Morgan fingerprint density at radius 3 is 2.93 bits per heavy atom. The maximum Gasteiger partial charge on any atom is 0.227 e. The molecular formula is C22H24N4O2. The average Bonchev–Trinajstić information content (AvgIpc) is 3.21. The molecule has 144 valence electrons. The van der Waals surface area contributed by atoms with Gasteiger partial charge in [-0.25, -0.2) is 0 Å². The van der Waals surface area contributed by atoms with Crippen LogP contribution in [0.1, 0.15) is 22.9 Å². The van der Waals surface area contributed by atoms with E-state index >= 15 is 0 Å². The van der Waals surface area contributed by atoms with Crippen LogP contribution in [0.2, 0.25) is 0 Å². The van der Waals surface area contributed by atoms with Crippen molar-refractivity contribution in [3.8, 4) is 5.75 Å². The number of amides is 1. The molecule has 0 spiro atoms. The smallest absolute Gasteiger partial charge is 0.227 e. The monoisotopic (exact) mass is 376 g/mol. The van der Waals surface area contributed by atoms with Gasteiger partial charge in [-0.05, 0) is 41.5 Å². The summed E-state index contributed by atoms with van der Waals surface area (Å²) in [6, 6.07) is 15.6. The summed E-state index contributed by atoms with van der Waals surface area (Å²) in [6.45, 7) is 2.39. The van der Waals surface area contributed by atoms with E-state index in [2.05, 4.69) is 21.8 Å². The molecule has 3 heterocycles. The molecule has 4 rings (SSSR count). The van der Waals surface area contributed by atoms with E-state index in [0.29, 0.717) is 26.1 Å². The number of carbonyl (C=O) groups excluding carboxylic acids is 1. The van der Waals surface area contributed by atoms with Gasteiger partial charge in [0.05, 0.1) is 12.5 Å².